The summed E-state index contributed by atoms with van der Waals surface area (Å²) in [5.74, 6) is 1.11. The molecule has 0 aliphatic heterocycles. The summed E-state index contributed by atoms with van der Waals surface area (Å²) in [4.78, 5) is 4.62. The average Bonchev–Trinajstić information content (AvgIpc) is 2.60. The van der Waals surface area contributed by atoms with E-state index in [1.807, 2.05) is 18.2 Å². The van der Waals surface area contributed by atoms with E-state index >= 15 is 0 Å². The van der Waals surface area contributed by atoms with Crippen molar-refractivity contribution < 1.29 is 5.11 Å². The van der Waals surface area contributed by atoms with Gasteiger partial charge in [-0.1, -0.05) is 42.5 Å². The fourth-order valence-electron chi connectivity index (χ4n) is 2.43. The van der Waals surface area contributed by atoms with E-state index in [2.05, 4.69) is 53.7 Å². The van der Waals surface area contributed by atoms with E-state index < -0.39 is 0 Å². The zero-order chi connectivity index (χ0) is 17.2. The van der Waals surface area contributed by atoms with Gasteiger partial charge < -0.3 is 15.7 Å². The second-order valence-corrected chi connectivity index (χ2v) is 5.93. The Hall–Kier alpha value is -2.49. The number of rotatable bonds is 7. The number of aromatic hydroxyl groups is 1. The number of aryl methyl sites for hydroxylation is 1. The molecule has 0 heterocycles. The molecule has 0 amide bonds. The van der Waals surface area contributed by atoms with Crippen LogP contribution in [0.5, 0.6) is 5.75 Å². The van der Waals surface area contributed by atoms with Crippen molar-refractivity contribution in [3.63, 3.8) is 0 Å². The molecule has 0 aromatic heterocycles. The predicted molar refractivity (Wildman–Crippen MR) is 100 cm³/mol. The Morgan fingerprint density at radius 2 is 1.75 bits per heavy atom. The van der Waals surface area contributed by atoms with Gasteiger partial charge in [0.2, 0.25) is 0 Å². The van der Waals surface area contributed by atoms with Gasteiger partial charge in [-0.2, -0.15) is 0 Å². The third-order valence-corrected chi connectivity index (χ3v) is 3.79. The van der Waals surface area contributed by atoms with Gasteiger partial charge in [-0.3, -0.25) is 0 Å². The Labute approximate surface area is 144 Å². The molecule has 2 aromatic carbocycles. The first kappa shape index (κ1) is 17.9. The fraction of sp³-hybridized carbons (Fsp3) is 0.350. The summed E-state index contributed by atoms with van der Waals surface area (Å²) < 4.78 is 0. The number of phenolic OH excluding ortho intramolecular Hbond substituents is 1. The quantitative estimate of drug-likeness (QED) is 0.540. The number of benzene rings is 2. The van der Waals surface area contributed by atoms with Crippen LogP contribution in [0.3, 0.4) is 0 Å². The molecule has 0 aliphatic rings. The van der Waals surface area contributed by atoms with Gasteiger partial charge in [0.15, 0.2) is 5.96 Å². The molecule has 2 rings (SSSR count). The van der Waals surface area contributed by atoms with E-state index in [0.717, 1.165) is 30.9 Å². The van der Waals surface area contributed by atoms with Gasteiger partial charge in [0.05, 0.1) is 6.54 Å². The molecule has 0 spiro atoms. The molecule has 0 saturated carbocycles. The number of nitrogens with one attached hydrogen (secondary N) is 2. The Morgan fingerprint density at radius 3 is 2.42 bits per heavy atom. The lowest BCUT2D eigenvalue weighted by molar-refractivity contribution is 0.475. The van der Waals surface area contributed by atoms with Gasteiger partial charge in [0.1, 0.15) is 5.75 Å². The zero-order valence-electron chi connectivity index (χ0n) is 14.5. The molecule has 1 unspecified atom stereocenters. The van der Waals surface area contributed by atoms with Gasteiger partial charge in [-0.05, 0) is 49.9 Å². The van der Waals surface area contributed by atoms with Crippen LogP contribution < -0.4 is 10.6 Å². The van der Waals surface area contributed by atoms with Gasteiger partial charge in [0, 0.05) is 12.6 Å². The maximum atomic E-state index is 9.33. The fourth-order valence-corrected chi connectivity index (χ4v) is 2.43. The predicted octanol–water partition coefficient (Wildman–Crippen LogP) is 3.47. The number of hydrogen-bond acceptors (Lipinski definition) is 2. The minimum Gasteiger partial charge on any atom is -0.508 e. The molecule has 1 atom stereocenters. The highest BCUT2D eigenvalue weighted by molar-refractivity contribution is 5.80. The summed E-state index contributed by atoms with van der Waals surface area (Å²) in [7, 11) is 0. The monoisotopic (exact) mass is 325 g/mol. The topological polar surface area (TPSA) is 56.7 Å². The minimum atomic E-state index is 0.280. The summed E-state index contributed by atoms with van der Waals surface area (Å²) in [6, 6.07) is 18.0. The van der Waals surface area contributed by atoms with E-state index in [4.69, 9.17) is 0 Å². The summed E-state index contributed by atoms with van der Waals surface area (Å²) in [6.45, 7) is 5.65. The SMILES string of the molecule is CCNC(=NCc1ccc(O)cc1)NC(C)CCc1ccccc1. The van der Waals surface area contributed by atoms with Crippen LogP contribution in [0.2, 0.25) is 0 Å². The highest BCUT2D eigenvalue weighted by Gasteiger charge is 2.05. The highest BCUT2D eigenvalue weighted by atomic mass is 16.3. The Kier molecular flexibility index (Phi) is 7.15. The first-order valence-electron chi connectivity index (χ1n) is 8.54. The van der Waals surface area contributed by atoms with Crippen LogP contribution in [0.25, 0.3) is 0 Å². The molecular weight excluding hydrogens is 298 g/mol. The van der Waals surface area contributed by atoms with Gasteiger partial charge >= 0.3 is 0 Å². The molecule has 0 fully saturated rings. The molecule has 4 heteroatoms. The smallest absolute Gasteiger partial charge is 0.191 e. The third-order valence-electron chi connectivity index (χ3n) is 3.79. The lowest BCUT2D eigenvalue weighted by Gasteiger charge is -2.18. The minimum absolute atomic E-state index is 0.280. The van der Waals surface area contributed by atoms with E-state index in [-0.39, 0.29) is 5.75 Å². The van der Waals surface area contributed by atoms with Crippen LogP contribution in [0.4, 0.5) is 0 Å². The van der Waals surface area contributed by atoms with Crippen molar-refractivity contribution in [1.82, 2.24) is 10.6 Å². The lowest BCUT2D eigenvalue weighted by Crippen LogP contribution is -2.42. The van der Waals surface area contributed by atoms with Gasteiger partial charge in [-0.15, -0.1) is 0 Å². The number of guanidine groups is 1. The molecule has 128 valence electrons. The van der Waals surface area contributed by atoms with Gasteiger partial charge in [0.25, 0.3) is 0 Å². The average molecular weight is 325 g/mol. The molecule has 2 aromatic rings. The molecule has 3 N–H and O–H groups in total. The highest BCUT2D eigenvalue weighted by Crippen LogP contribution is 2.10. The number of nitrogens with zero attached hydrogens (tertiary/aromatic N) is 1. The molecule has 0 saturated heterocycles. The van der Waals surface area contributed by atoms with Crippen LogP contribution in [0.15, 0.2) is 59.6 Å². The molecule has 0 aliphatic carbocycles. The van der Waals surface area contributed by atoms with Gasteiger partial charge in [-0.25, -0.2) is 4.99 Å². The molecule has 0 bridgehead atoms. The second-order valence-electron chi connectivity index (χ2n) is 5.93. The Morgan fingerprint density at radius 1 is 1.04 bits per heavy atom. The van der Waals surface area contributed by atoms with Crippen molar-refractivity contribution in [2.45, 2.75) is 39.3 Å². The summed E-state index contributed by atoms with van der Waals surface area (Å²) >= 11 is 0. The summed E-state index contributed by atoms with van der Waals surface area (Å²) in [6.07, 6.45) is 2.10. The number of phenols is 1. The van der Waals surface area contributed by atoms with E-state index in [1.54, 1.807) is 12.1 Å². The zero-order valence-corrected chi connectivity index (χ0v) is 14.5. The number of aliphatic imine (C=N–C) groups is 1. The largest absolute Gasteiger partial charge is 0.508 e. The van der Waals surface area contributed by atoms with E-state index in [1.165, 1.54) is 5.56 Å². The van der Waals surface area contributed by atoms with Crippen molar-refractivity contribution >= 4 is 5.96 Å². The van der Waals surface area contributed by atoms with Crippen molar-refractivity contribution in [2.24, 2.45) is 4.99 Å². The van der Waals surface area contributed by atoms with E-state index in [0.29, 0.717) is 12.6 Å². The molecular formula is C20H27N3O. The van der Waals surface area contributed by atoms with Crippen LogP contribution in [-0.4, -0.2) is 23.7 Å². The number of hydrogen-bond donors (Lipinski definition) is 3. The van der Waals surface area contributed by atoms with Crippen LogP contribution in [0, 0.1) is 0 Å². The standard InChI is InChI=1S/C20H27N3O/c1-3-21-20(22-15-18-11-13-19(24)14-12-18)23-16(2)9-10-17-7-5-4-6-8-17/h4-8,11-14,16,24H,3,9-10,15H2,1-2H3,(H2,21,22,23). The first-order chi connectivity index (χ1) is 11.7. The third kappa shape index (κ3) is 6.32. The van der Waals surface area contributed by atoms with Crippen LogP contribution in [0.1, 0.15) is 31.4 Å². The second kappa shape index (κ2) is 9.60. The maximum absolute atomic E-state index is 9.33. The summed E-state index contributed by atoms with van der Waals surface area (Å²) in [5.41, 5.74) is 2.43. The van der Waals surface area contributed by atoms with Crippen LogP contribution in [-0.2, 0) is 13.0 Å². The lowest BCUT2D eigenvalue weighted by atomic mass is 10.1. The molecule has 24 heavy (non-hydrogen) atoms. The van der Waals surface area contributed by atoms with Crippen LogP contribution >= 0.6 is 0 Å². The summed E-state index contributed by atoms with van der Waals surface area (Å²) in [5, 5.41) is 16.1. The molecule has 0 radical (unpaired) electrons. The van der Waals surface area contributed by atoms with E-state index in [9.17, 15) is 5.11 Å². The molecule has 4 nitrogen and oxygen atoms in total. The van der Waals surface area contributed by atoms with Crippen molar-refractivity contribution in [3.05, 3.63) is 65.7 Å². The normalized spacial score (nSPS) is 12.7. The first-order valence-corrected chi connectivity index (χ1v) is 8.54. The van der Waals surface area contributed by atoms with Crippen molar-refractivity contribution in [2.75, 3.05) is 6.54 Å². The van der Waals surface area contributed by atoms with Crippen molar-refractivity contribution in [3.8, 4) is 5.75 Å². The van der Waals surface area contributed by atoms with Crippen molar-refractivity contribution in [1.29, 1.82) is 0 Å². The Balaban J connectivity index is 1.86. The maximum Gasteiger partial charge on any atom is 0.191 e. The Bertz CT molecular complexity index is 623.